The van der Waals surface area contributed by atoms with Gasteiger partial charge < -0.3 is 14.9 Å². The summed E-state index contributed by atoms with van der Waals surface area (Å²) >= 11 is 0. The number of carbonyl (C=O) groups is 2. The summed E-state index contributed by atoms with van der Waals surface area (Å²) in [6, 6.07) is 6.27. The van der Waals surface area contributed by atoms with Crippen molar-refractivity contribution in [3.05, 3.63) is 30.0 Å². The number of likely N-dealkylation sites (tertiary alicyclic amines) is 1. The molecule has 1 amide bonds. The number of carboxylic acid groups (broad SMARTS) is 2. The molecule has 8 nitrogen and oxygen atoms in total. The molecule has 1 aliphatic rings. The van der Waals surface area contributed by atoms with Gasteiger partial charge in [0.05, 0.1) is 17.6 Å². The average molecular weight is 331 g/mol. The van der Waals surface area contributed by atoms with Crippen LogP contribution in [0.4, 0.5) is 4.79 Å². The number of rotatable bonds is 4. The first-order valence-corrected chi connectivity index (χ1v) is 7.64. The molecule has 24 heavy (non-hydrogen) atoms. The summed E-state index contributed by atoms with van der Waals surface area (Å²) in [5.74, 6) is -0.846. The summed E-state index contributed by atoms with van der Waals surface area (Å²) in [5.41, 5.74) is 2.09. The minimum absolute atomic E-state index is 0.00996. The van der Waals surface area contributed by atoms with Crippen molar-refractivity contribution in [2.75, 3.05) is 6.54 Å². The Labute approximate surface area is 137 Å². The molecule has 2 N–H and O–H groups in total. The van der Waals surface area contributed by atoms with Crippen molar-refractivity contribution in [1.82, 2.24) is 14.9 Å². The number of aromatic nitrogens is 2. The Morgan fingerprint density at radius 2 is 1.92 bits per heavy atom. The molecular weight excluding hydrogens is 314 g/mol. The highest BCUT2D eigenvalue weighted by Gasteiger charge is 2.41. The Morgan fingerprint density at radius 1 is 1.25 bits per heavy atom. The van der Waals surface area contributed by atoms with Gasteiger partial charge in [0.15, 0.2) is 0 Å². The third-order valence-corrected chi connectivity index (χ3v) is 4.01. The maximum atomic E-state index is 11.2. The maximum absolute atomic E-state index is 11.2. The van der Waals surface area contributed by atoms with E-state index in [4.69, 9.17) is 14.9 Å². The normalized spacial score (nSPS) is 20.3. The standard InChI is InChI=1S/C16H17N3O5/c1-2-10-14(18-12-6-4-3-5-11(12)17-10)24-9-7-13(15(20)21)19(8-9)16(22)23/h3-6,9,13H,2,7-8H2,1H3,(H,20,21)(H,22,23)/t9-,13+/m1/s1. The van der Waals surface area contributed by atoms with E-state index in [0.717, 1.165) is 10.4 Å². The number of hydrogen-bond acceptors (Lipinski definition) is 5. The summed E-state index contributed by atoms with van der Waals surface area (Å²) in [4.78, 5) is 32.3. The van der Waals surface area contributed by atoms with Crippen molar-refractivity contribution >= 4 is 23.1 Å². The van der Waals surface area contributed by atoms with E-state index < -0.39 is 24.2 Å². The van der Waals surface area contributed by atoms with Gasteiger partial charge >= 0.3 is 12.1 Å². The number of ether oxygens (including phenoxy) is 1. The topological polar surface area (TPSA) is 113 Å². The largest absolute Gasteiger partial charge is 0.480 e. The van der Waals surface area contributed by atoms with Gasteiger partial charge in [0.2, 0.25) is 5.88 Å². The molecule has 126 valence electrons. The van der Waals surface area contributed by atoms with Gasteiger partial charge in [0, 0.05) is 6.42 Å². The number of para-hydroxylation sites is 2. The number of aryl methyl sites for hydroxylation is 1. The zero-order valence-electron chi connectivity index (χ0n) is 13.0. The van der Waals surface area contributed by atoms with Crippen LogP contribution in [0.2, 0.25) is 0 Å². The Kier molecular flexibility index (Phi) is 4.20. The highest BCUT2D eigenvalue weighted by atomic mass is 16.5. The summed E-state index contributed by atoms with van der Waals surface area (Å²) in [6.07, 6.45) is -1.15. The smallest absolute Gasteiger partial charge is 0.408 e. The number of amides is 1. The number of aliphatic carboxylic acids is 1. The zero-order valence-corrected chi connectivity index (χ0v) is 13.0. The minimum Gasteiger partial charge on any atom is -0.480 e. The van der Waals surface area contributed by atoms with Crippen molar-refractivity contribution in [2.45, 2.75) is 31.9 Å². The molecular formula is C16H17N3O5. The van der Waals surface area contributed by atoms with Crippen molar-refractivity contribution in [1.29, 1.82) is 0 Å². The van der Waals surface area contributed by atoms with Crippen LogP contribution in [-0.4, -0.2) is 55.8 Å². The molecule has 0 radical (unpaired) electrons. The van der Waals surface area contributed by atoms with Crippen molar-refractivity contribution in [3.8, 4) is 5.88 Å². The first kappa shape index (κ1) is 16.0. The van der Waals surface area contributed by atoms with Crippen molar-refractivity contribution < 1.29 is 24.5 Å². The highest BCUT2D eigenvalue weighted by molar-refractivity contribution is 5.80. The van der Waals surface area contributed by atoms with Gasteiger partial charge in [-0.25, -0.2) is 19.6 Å². The van der Waals surface area contributed by atoms with E-state index in [0.29, 0.717) is 23.5 Å². The van der Waals surface area contributed by atoms with E-state index in [-0.39, 0.29) is 13.0 Å². The molecule has 8 heteroatoms. The second-order valence-electron chi connectivity index (χ2n) is 5.58. The lowest BCUT2D eigenvalue weighted by molar-refractivity contribution is -0.141. The second-order valence-corrected chi connectivity index (χ2v) is 5.58. The van der Waals surface area contributed by atoms with Gasteiger partial charge in [-0.05, 0) is 18.6 Å². The fourth-order valence-electron chi connectivity index (χ4n) is 2.83. The summed E-state index contributed by atoms with van der Waals surface area (Å²) < 4.78 is 5.82. The summed E-state index contributed by atoms with van der Waals surface area (Å²) in [5, 5.41) is 18.3. The third kappa shape index (κ3) is 2.94. The van der Waals surface area contributed by atoms with Gasteiger partial charge in [-0.2, -0.15) is 0 Å². The Hall–Kier alpha value is -2.90. The molecule has 1 aromatic heterocycles. The number of benzene rings is 1. The first-order valence-electron chi connectivity index (χ1n) is 7.64. The molecule has 0 unspecified atom stereocenters. The molecule has 1 fully saturated rings. The maximum Gasteiger partial charge on any atom is 0.408 e. The molecule has 2 aromatic rings. The van der Waals surface area contributed by atoms with Crippen LogP contribution in [0.1, 0.15) is 19.0 Å². The van der Waals surface area contributed by atoms with Crippen LogP contribution in [-0.2, 0) is 11.2 Å². The monoisotopic (exact) mass is 331 g/mol. The predicted molar refractivity (Wildman–Crippen MR) is 84.1 cm³/mol. The molecule has 0 spiro atoms. The molecule has 2 atom stereocenters. The summed E-state index contributed by atoms with van der Waals surface area (Å²) in [6.45, 7) is 1.91. The van der Waals surface area contributed by atoms with E-state index in [9.17, 15) is 9.59 Å². The summed E-state index contributed by atoms with van der Waals surface area (Å²) in [7, 11) is 0. The Morgan fingerprint density at radius 3 is 2.46 bits per heavy atom. The highest BCUT2D eigenvalue weighted by Crippen LogP contribution is 2.26. The van der Waals surface area contributed by atoms with E-state index in [2.05, 4.69) is 9.97 Å². The lowest BCUT2D eigenvalue weighted by Crippen LogP contribution is -2.39. The SMILES string of the molecule is CCc1nc2ccccc2nc1O[C@@H]1C[C@@H](C(=O)O)N(C(=O)O)C1. The zero-order chi connectivity index (χ0) is 17.3. The lowest BCUT2D eigenvalue weighted by Gasteiger charge is -2.17. The molecule has 0 aliphatic carbocycles. The number of hydrogen-bond donors (Lipinski definition) is 2. The molecule has 1 aromatic carbocycles. The van der Waals surface area contributed by atoms with Crippen LogP contribution in [0.5, 0.6) is 5.88 Å². The molecule has 0 saturated carbocycles. The molecule has 2 heterocycles. The van der Waals surface area contributed by atoms with Gasteiger partial charge in [0.1, 0.15) is 17.8 Å². The first-order chi connectivity index (χ1) is 11.5. The van der Waals surface area contributed by atoms with Crippen molar-refractivity contribution in [3.63, 3.8) is 0 Å². The molecule has 3 rings (SSSR count). The second kappa shape index (κ2) is 6.31. The Balaban J connectivity index is 1.87. The van der Waals surface area contributed by atoms with Crippen molar-refractivity contribution in [2.24, 2.45) is 0 Å². The average Bonchev–Trinajstić information content (AvgIpc) is 2.98. The molecule has 0 bridgehead atoms. The number of fused-ring (bicyclic) bond motifs is 1. The van der Waals surface area contributed by atoms with Crippen LogP contribution in [0.3, 0.4) is 0 Å². The van der Waals surface area contributed by atoms with Crippen LogP contribution in [0.25, 0.3) is 11.0 Å². The van der Waals surface area contributed by atoms with Gasteiger partial charge in [-0.15, -0.1) is 0 Å². The van der Waals surface area contributed by atoms with E-state index in [1.165, 1.54) is 0 Å². The van der Waals surface area contributed by atoms with E-state index in [1.807, 2.05) is 31.2 Å². The van der Waals surface area contributed by atoms with E-state index in [1.54, 1.807) is 0 Å². The van der Waals surface area contributed by atoms with Crippen LogP contribution < -0.4 is 4.74 Å². The molecule has 1 aliphatic heterocycles. The minimum atomic E-state index is -1.27. The molecule has 1 saturated heterocycles. The number of carboxylic acids is 1. The third-order valence-electron chi connectivity index (χ3n) is 4.01. The fraction of sp³-hybridized carbons (Fsp3) is 0.375. The van der Waals surface area contributed by atoms with E-state index >= 15 is 0 Å². The lowest BCUT2D eigenvalue weighted by atomic mass is 10.2. The Bertz CT molecular complexity index is 772. The van der Waals surface area contributed by atoms with Crippen LogP contribution in [0, 0.1) is 0 Å². The van der Waals surface area contributed by atoms with Gasteiger partial charge in [-0.1, -0.05) is 19.1 Å². The van der Waals surface area contributed by atoms with Gasteiger partial charge in [-0.3, -0.25) is 4.90 Å². The van der Waals surface area contributed by atoms with Crippen LogP contribution >= 0.6 is 0 Å². The van der Waals surface area contributed by atoms with Crippen LogP contribution in [0.15, 0.2) is 24.3 Å². The fourth-order valence-corrected chi connectivity index (χ4v) is 2.83. The predicted octanol–water partition coefficient (Wildman–Crippen LogP) is 1.78. The number of nitrogens with zero attached hydrogens (tertiary/aromatic N) is 3. The van der Waals surface area contributed by atoms with Gasteiger partial charge in [0.25, 0.3) is 0 Å². The quantitative estimate of drug-likeness (QED) is 0.878.